The van der Waals surface area contributed by atoms with Crippen LogP contribution in [-0.4, -0.2) is 50.0 Å². The van der Waals surface area contributed by atoms with E-state index in [2.05, 4.69) is 6.92 Å². The fourth-order valence-electron chi connectivity index (χ4n) is 3.93. The molecule has 7 nitrogen and oxygen atoms in total. The molecular formula is C18H21NO6S. The number of benzene rings is 1. The molecule has 0 radical (unpaired) electrons. The molecular weight excluding hydrogens is 358 g/mol. The number of ether oxygens (including phenoxy) is 2. The first-order valence-corrected chi connectivity index (χ1v) is 10.2. The Morgan fingerprint density at radius 1 is 1.23 bits per heavy atom. The van der Waals surface area contributed by atoms with Crippen LogP contribution < -0.4 is 0 Å². The van der Waals surface area contributed by atoms with Crippen molar-refractivity contribution in [1.29, 1.82) is 0 Å². The first kappa shape index (κ1) is 17.5. The van der Waals surface area contributed by atoms with Gasteiger partial charge in [0.15, 0.2) is 5.60 Å². The van der Waals surface area contributed by atoms with Crippen LogP contribution in [0.1, 0.15) is 43.0 Å². The van der Waals surface area contributed by atoms with Crippen molar-refractivity contribution < 1.29 is 27.5 Å². The van der Waals surface area contributed by atoms with Gasteiger partial charge in [-0.3, -0.25) is 4.79 Å². The number of carbonyl (C=O) groups excluding carboxylic acids is 2. The van der Waals surface area contributed by atoms with Crippen molar-refractivity contribution in [2.45, 2.75) is 43.1 Å². The van der Waals surface area contributed by atoms with E-state index in [4.69, 9.17) is 9.47 Å². The zero-order valence-corrected chi connectivity index (χ0v) is 15.4. The Hall–Kier alpha value is -1.93. The van der Waals surface area contributed by atoms with E-state index in [1.165, 1.54) is 12.1 Å². The van der Waals surface area contributed by atoms with E-state index in [-0.39, 0.29) is 29.0 Å². The van der Waals surface area contributed by atoms with Crippen molar-refractivity contribution in [2.24, 2.45) is 5.41 Å². The first-order valence-electron chi connectivity index (χ1n) is 8.75. The fourth-order valence-corrected chi connectivity index (χ4v) is 5.48. The number of sulfonamides is 1. The predicted molar refractivity (Wildman–Crippen MR) is 90.9 cm³/mol. The van der Waals surface area contributed by atoms with Gasteiger partial charge >= 0.3 is 5.97 Å². The second kappa shape index (κ2) is 5.79. The average Bonchev–Trinajstić information content (AvgIpc) is 2.83. The molecule has 0 N–H and O–H groups in total. The normalized spacial score (nSPS) is 31.7. The second-order valence-electron chi connectivity index (χ2n) is 7.61. The molecule has 0 aromatic heterocycles. The van der Waals surface area contributed by atoms with Crippen LogP contribution in [0.2, 0.25) is 0 Å². The van der Waals surface area contributed by atoms with Gasteiger partial charge in [-0.2, -0.15) is 0 Å². The predicted octanol–water partition coefficient (Wildman–Crippen LogP) is 1.72. The lowest BCUT2D eigenvalue weighted by Crippen LogP contribution is -2.55. The molecule has 2 saturated heterocycles. The van der Waals surface area contributed by atoms with Crippen LogP contribution in [0.25, 0.3) is 0 Å². The lowest BCUT2D eigenvalue weighted by molar-refractivity contribution is -0.209. The minimum absolute atomic E-state index is 0.00268. The van der Waals surface area contributed by atoms with Crippen molar-refractivity contribution in [1.82, 2.24) is 4.31 Å². The summed E-state index contributed by atoms with van der Waals surface area (Å²) >= 11 is 0. The van der Waals surface area contributed by atoms with Gasteiger partial charge in [-0.25, -0.2) is 17.5 Å². The topological polar surface area (TPSA) is 90.0 Å². The van der Waals surface area contributed by atoms with E-state index in [1.54, 1.807) is 12.1 Å². The van der Waals surface area contributed by atoms with E-state index in [1.807, 2.05) is 0 Å². The van der Waals surface area contributed by atoms with Crippen molar-refractivity contribution in [3.63, 3.8) is 0 Å². The fraction of sp³-hybridized carbons (Fsp3) is 0.556. The largest absolute Gasteiger partial charge is 0.462 e. The minimum atomic E-state index is -3.88. The highest BCUT2D eigenvalue weighted by molar-refractivity contribution is 7.90. The summed E-state index contributed by atoms with van der Waals surface area (Å²) in [5, 5.41) is 0. The van der Waals surface area contributed by atoms with E-state index >= 15 is 0 Å². The molecule has 1 aliphatic carbocycles. The van der Waals surface area contributed by atoms with Gasteiger partial charge in [-0.05, 0) is 43.2 Å². The molecule has 3 fully saturated rings. The molecule has 1 aromatic rings. The maximum Gasteiger partial charge on any atom is 0.338 e. The average molecular weight is 379 g/mol. The van der Waals surface area contributed by atoms with Crippen LogP contribution in [0.15, 0.2) is 29.2 Å². The monoisotopic (exact) mass is 379 g/mol. The summed E-state index contributed by atoms with van der Waals surface area (Å²) in [6.45, 7) is 2.31. The summed E-state index contributed by atoms with van der Waals surface area (Å²) in [6.07, 6.45) is 3.07. The van der Waals surface area contributed by atoms with Gasteiger partial charge in [0.05, 0.1) is 18.7 Å². The Morgan fingerprint density at radius 3 is 2.54 bits per heavy atom. The number of rotatable bonds is 4. The van der Waals surface area contributed by atoms with Gasteiger partial charge in [-0.15, -0.1) is 0 Å². The van der Waals surface area contributed by atoms with Crippen LogP contribution in [0.4, 0.5) is 0 Å². The summed E-state index contributed by atoms with van der Waals surface area (Å²) < 4.78 is 36.8. The summed E-state index contributed by atoms with van der Waals surface area (Å²) in [7, 11) is -3.88. The number of hydrogen-bond donors (Lipinski definition) is 0. The van der Waals surface area contributed by atoms with Crippen LogP contribution >= 0.6 is 0 Å². The molecule has 4 aliphatic rings. The summed E-state index contributed by atoms with van der Waals surface area (Å²) in [5.41, 5.74) is -0.613. The van der Waals surface area contributed by atoms with Crippen LogP contribution in [0.5, 0.6) is 0 Å². The smallest absolute Gasteiger partial charge is 0.338 e. The molecule has 5 rings (SSSR count). The van der Waals surface area contributed by atoms with Crippen molar-refractivity contribution >= 4 is 21.9 Å². The Balaban J connectivity index is 1.40. The molecule has 3 aliphatic heterocycles. The number of fused-ring (bicyclic) bond motifs is 4. The van der Waals surface area contributed by atoms with E-state index in [9.17, 15) is 18.0 Å². The summed E-state index contributed by atoms with van der Waals surface area (Å²) in [4.78, 5) is 24.8. The zero-order valence-electron chi connectivity index (χ0n) is 14.6. The third-order valence-corrected chi connectivity index (χ3v) is 7.61. The van der Waals surface area contributed by atoms with Gasteiger partial charge in [-0.1, -0.05) is 19.1 Å². The van der Waals surface area contributed by atoms with Crippen molar-refractivity contribution in [3.05, 3.63) is 29.8 Å². The number of amides is 1. The second-order valence-corrected chi connectivity index (χ2v) is 9.44. The maximum atomic E-state index is 12.5. The minimum Gasteiger partial charge on any atom is -0.462 e. The molecule has 0 spiro atoms. The van der Waals surface area contributed by atoms with Crippen LogP contribution in [0, 0.1) is 5.41 Å². The molecule has 1 amide bonds. The number of hydrogen-bond acceptors (Lipinski definition) is 6. The number of carbonyl (C=O) groups is 2. The first-order chi connectivity index (χ1) is 12.3. The highest BCUT2D eigenvalue weighted by Gasteiger charge is 2.53. The highest BCUT2D eigenvalue weighted by atomic mass is 32.2. The molecule has 0 atom stereocenters. The summed E-state index contributed by atoms with van der Waals surface area (Å²) in [5.74, 6) is -1.04. The SMILES string of the molecule is CC12CCC(C(=O)OCCN3C(=O)c4ccccc4S3(=O)=O)(CC1)OC2. The van der Waals surface area contributed by atoms with Gasteiger partial charge in [0.25, 0.3) is 15.9 Å². The Morgan fingerprint density at radius 2 is 1.92 bits per heavy atom. The lowest BCUT2D eigenvalue weighted by Gasteiger charge is -2.49. The molecule has 26 heavy (non-hydrogen) atoms. The summed E-state index contributed by atoms with van der Waals surface area (Å²) in [6, 6.07) is 6.08. The van der Waals surface area contributed by atoms with Gasteiger partial charge in [0.2, 0.25) is 0 Å². The highest BCUT2D eigenvalue weighted by Crippen LogP contribution is 2.48. The molecule has 8 heteroatoms. The Kier molecular flexibility index (Phi) is 3.89. The number of esters is 1. The molecule has 1 aromatic carbocycles. The van der Waals surface area contributed by atoms with Crippen molar-refractivity contribution in [2.75, 3.05) is 19.8 Å². The Labute approximate surface area is 152 Å². The van der Waals surface area contributed by atoms with E-state index in [0.717, 1.165) is 17.1 Å². The number of nitrogens with zero attached hydrogens (tertiary/aromatic N) is 1. The van der Waals surface area contributed by atoms with Crippen molar-refractivity contribution in [3.8, 4) is 0 Å². The third kappa shape index (κ3) is 2.54. The molecule has 0 unspecified atom stereocenters. The Bertz CT molecular complexity index is 853. The van der Waals surface area contributed by atoms with Crippen LogP contribution in [-0.2, 0) is 24.3 Å². The van der Waals surface area contributed by atoms with Crippen LogP contribution in [0.3, 0.4) is 0 Å². The molecule has 3 heterocycles. The van der Waals surface area contributed by atoms with Gasteiger partial charge in [0.1, 0.15) is 11.5 Å². The van der Waals surface area contributed by atoms with E-state index < -0.39 is 27.5 Å². The van der Waals surface area contributed by atoms with E-state index in [0.29, 0.717) is 19.4 Å². The van der Waals surface area contributed by atoms with Gasteiger partial charge < -0.3 is 9.47 Å². The zero-order chi connectivity index (χ0) is 18.6. The molecule has 2 bridgehead atoms. The molecule has 1 saturated carbocycles. The van der Waals surface area contributed by atoms with Gasteiger partial charge in [0, 0.05) is 0 Å². The quantitative estimate of drug-likeness (QED) is 0.740. The third-order valence-electron chi connectivity index (χ3n) is 5.77. The maximum absolute atomic E-state index is 12.5. The molecule has 140 valence electrons. The lowest BCUT2D eigenvalue weighted by atomic mass is 9.67. The standard InChI is InChI=1S/C18H21NO6S/c1-17-6-8-18(9-7-17,25-12-17)16(21)24-11-10-19-15(20)13-4-2-3-5-14(13)26(19,22)23/h2-5H,6-12H2,1H3.